The number of nitrogens with one attached hydrogen (secondary N) is 1. The van der Waals surface area contributed by atoms with E-state index in [0.717, 1.165) is 24.4 Å². The zero-order chi connectivity index (χ0) is 10.9. The Hall–Kier alpha value is -0.830. The highest BCUT2D eigenvalue weighted by Gasteiger charge is 2.42. The molecule has 1 aromatic heterocycles. The lowest BCUT2D eigenvalue weighted by molar-refractivity contribution is 0.331. The van der Waals surface area contributed by atoms with Crippen LogP contribution in [0.4, 0.5) is 0 Å². The quantitative estimate of drug-likeness (QED) is 0.808. The predicted molar refractivity (Wildman–Crippen MR) is 59.5 cm³/mol. The summed E-state index contributed by atoms with van der Waals surface area (Å²) in [5, 5.41) is 7.48. The summed E-state index contributed by atoms with van der Waals surface area (Å²) in [5.41, 5.74) is 1.56. The normalized spacial score (nSPS) is 20.2. The summed E-state index contributed by atoms with van der Waals surface area (Å²) in [6, 6.07) is 2.60. The van der Waals surface area contributed by atoms with Crippen molar-refractivity contribution < 1.29 is 4.52 Å². The average Bonchev–Trinajstić information content (AvgIpc) is 2.83. The van der Waals surface area contributed by atoms with E-state index in [4.69, 9.17) is 4.52 Å². The van der Waals surface area contributed by atoms with Crippen molar-refractivity contribution in [1.82, 2.24) is 10.5 Å². The van der Waals surface area contributed by atoms with Crippen LogP contribution in [0, 0.1) is 5.41 Å². The van der Waals surface area contributed by atoms with E-state index in [1.54, 1.807) is 0 Å². The number of aryl methyl sites for hydroxylation is 1. The van der Waals surface area contributed by atoms with Gasteiger partial charge in [0.25, 0.3) is 0 Å². The van der Waals surface area contributed by atoms with Crippen LogP contribution in [0.2, 0.25) is 0 Å². The lowest BCUT2D eigenvalue weighted by atomic mass is 10.0. The molecule has 84 valence electrons. The van der Waals surface area contributed by atoms with Gasteiger partial charge in [0.15, 0.2) is 5.76 Å². The Kier molecular flexibility index (Phi) is 2.83. The third kappa shape index (κ3) is 2.40. The highest BCUT2D eigenvalue weighted by Crippen LogP contribution is 2.47. The largest absolute Gasteiger partial charge is 0.360 e. The van der Waals surface area contributed by atoms with Crippen LogP contribution in [0.5, 0.6) is 0 Å². The Labute approximate surface area is 91.2 Å². The van der Waals surface area contributed by atoms with E-state index >= 15 is 0 Å². The van der Waals surface area contributed by atoms with Gasteiger partial charge in [-0.05, 0) is 31.6 Å². The van der Waals surface area contributed by atoms with Gasteiger partial charge in [0, 0.05) is 12.1 Å². The Morgan fingerprint density at radius 2 is 2.33 bits per heavy atom. The van der Waals surface area contributed by atoms with E-state index in [9.17, 15) is 0 Å². The molecule has 1 fully saturated rings. The van der Waals surface area contributed by atoms with Gasteiger partial charge in [-0.1, -0.05) is 19.0 Å². The van der Waals surface area contributed by atoms with Gasteiger partial charge in [0.2, 0.25) is 0 Å². The standard InChI is InChI=1S/C12H20N2O/c1-4-10-7-11(15-14-10)8-13-9(2)12(3)5-6-12/h7,9,13H,4-6,8H2,1-3H3. The van der Waals surface area contributed by atoms with E-state index in [1.165, 1.54) is 12.8 Å². The second-order valence-electron chi connectivity index (χ2n) is 4.89. The van der Waals surface area contributed by atoms with Crippen LogP contribution >= 0.6 is 0 Å². The number of hydrogen-bond donors (Lipinski definition) is 1. The van der Waals surface area contributed by atoms with Gasteiger partial charge < -0.3 is 9.84 Å². The van der Waals surface area contributed by atoms with Crippen LogP contribution in [0.15, 0.2) is 10.6 Å². The number of hydrogen-bond acceptors (Lipinski definition) is 3. The molecule has 15 heavy (non-hydrogen) atoms. The molecular weight excluding hydrogens is 188 g/mol. The molecule has 1 aliphatic rings. The molecule has 0 spiro atoms. The van der Waals surface area contributed by atoms with Crippen LogP contribution in [0.25, 0.3) is 0 Å². The summed E-state index contributed by atoms with van der Waals surface area (Å²) in [5.74, 6) is 0.947. The second kappa shape index (κ2) is 3.97. The maximum absolute atomic E-state index is 5.23. The first-order chi connectivity index (χ1) is 7.14. The van der Waals surface area contributed by atoms with Gasteiger partial charge in [0.1, 0.15) is 0 Å². The molecule has 1 heterocycles. The van der Waals surface area contributed by atoms with Gasteiger partial charge in [-0.25, -0.2) is 0 Å². The predicted octanol–water partition coefficient (Wildman–Crippen LogP) is 2.52. The summed E-state index contributed by atoms with van der Waals surface area (Å²) in [6.45, 7) is 7.47. The third-order valence-electron chi connectivity index (χ3n) is 3.64. The van der Waals surface area contributed by atoms with E-state index < -0.39 is 0 Å². The second-order valence-corrected chi connectivity index (χ2v) is 4.89. The Balaban J connectivity index is 1.82. The summed E-state index contributed by atoms with van der Waals surface area (Å²) in [4.78, 5) is 0. The van der Waals surface area contributed by atoms with Crippen LogP contribution in [0.1, 0.15) is 45.1 Å². The Morgan fingerprint density at radius 3 is 2.87 bits per heavy atom. The van der Waals surface area contributed by atoms with Crippen molar-refractivity contribution in [2.24, 2.45) is 5.41 Å². The zero-order valence-corrected chi connectivity index (χ0v) is 9.84. The first-order valence-corrected chi connectivity index (χ1v) is 5.82. The maximum Gasteiger partial charge on any atom is 0.150 e. The van der Waals surface area contributed by atoms with Gasteiger partial charge in [-0.15, -0.1) is 0 Å². The summed E-state index contributed by atoms with van der Waals surface area (Å²) in [7, 11) is 0. The molecule has 1 aromatic rings. The molecule has 1 atom stereocenters. The highest BCUT2D eigenvalue weighted by atomic mass is 16.5. The van der Waals surface area contributed by atoms with Gasteiger partial charge in [-0.2, -0.15) is 0 Å². The van der Waals surface area contributed by atoms with Gasteiger partial charge in [-0.3, -0.25) is 0 Å². The van der Waals surface area contributed by atoms with Gasteiger partial charge >= 0.3 is 0 Å². The van der Waals surface area contributed by atoms with E-state index in [2.05, 4.69) is 31.2 Å². The molecule has 1 aliphatic carbocycles. The van der Waals surface area contributed by atoms with Crippen LogP contribution in [-0.4, -0.2) is 11.2 Å². The lowest BCUT2D eigenvalue weighted by Crippen LogP contribution is -2.32. The third-order valence-corrected chi connectivity index (χ3v) is 3.64. The molecule has 3 heteroatoms. The van der Waals surface area contributed by atoms with Crippen LogP contribution in [-0.2, 0) is 13.0 Å². The first kappa shape index (κ1) is 10.7. The molecular formula is C12H20N2O. The smallest absolute Gasteiger partial charge is 0.150 e. The lowest BCUT2D eigenvalue weighted by Gasteiger charge is -2.19. The molecule has 1 N–H and O–H groups in total. The van der Waals surface area contributed by atoms with Crippen LogP contribution in [0.3, 0.4) is 0 Å². The summed E-state index contributed by atoms with van der Waals surface area (Å²) >= 11 is 0. The molecule has 3 nitrogen and oxygen atoms in total. The van der Waals surface area contributed by atoms with Crippen molar-refractivity contribution in [3.8, 4) is 0 Å². The number of rotatable bonds is 5. The SMILES string of the molecule is CCc1cc(CNC(C)C2(C)CC2)on1. The molecule has 1 unspecified atom stereocenters. The Morgan fingerprint density at radius 1 is 1.60 bits per heavy atom. The number of aromatic nitrogens is 1. The fraction of sp³-hybridized carbons (Fsp3) is 0.750. The Bertz CT molecular complexity index is 328. The topological polar surface area (TPSA) is 38.1 Å². The molecule has 0 radical (unpaired) electrons. The van der Waals surface area contributed by atoms with E-state index in [0.29, 0.717) is 11.5 Å². The van der Waals surface area contributed by atoms with E-state index in [-0.39, 0.29) is 0 Å². The van der Waals surface area contributed by atoms with Crippen molar-refractivity contribution in [1.29, 1.82) is 0 Å². The minimum absolute atomic E-state index is 0.521. The molecule has 0 aromatic carbocycles. The number of nitrogens with zero attached hydrogens (tertiary/aromatic N) is 1. The summed E-state index contributed by atoms with van der Waals surface area (Å²) in [6.07, 6.45) is 3.63. The monoisotopic (exact) mass is 208 g/mol. The average molecular weight is 208 g/mol. The van der Waals surface area contributed by atoms with Crippen molar-refractivity contribution in [3.63, 3.8) is 0 Å². The molecule has 2 rings (SSSR count). The zero-order valence-electron chi connectivity index (χ0n) is 9.84. The van der Waals surface area contributed by atoms with Crippen molar-refractivity contribution in [2.75, 3.05) is 0 Å². The minimum atomic E-state index is 0.521. The van der Waals surface area contributed by atoms with Crippen molar-refractivity contribution in [3.05, 3.63) is 17.5 Å². The molecule has 0 amide bonds. The first-order valence-electron chi connectivity index (χ1n) is 5.82. The maximum atomic E-state index is 5.23. The van der Waals surface area contributed by atoms with Gasteiger partial charge in [0.05, 0.1) is 12.2 Å². The molecule has 0 saturated heterocycles. The van der Waals surface area contributed by atoms with Crippen LogP contribution < -0.4 is 5.32 Å². The molecule has 1 saturated carbocycles. The molecule has 0 bridgehead atoms. The summed E-state index contributed by atoms with van der Waals surface area (Å²) < 4.78 is 5.23. The fourth-order valence-corrected chi connectivity index (χ4v) is 1.74. The minimum Gasteiger partial charge on any atom is -0.360 e. The van der Waals surface area contributed by atoms with Crippen molar-refractivity contribution in [2.45, 2.75) is 52.6 Å². The molecule has 0 aliphatic heterocycles. The fourth-order valence-electron chi connectivity index (χ4n) is 1.74. The highest BCUT2D eigenvalue weighted by molar-refractivity contribution is 5.05. The van der Waals surface area contributed by atoms with E-state index in [1.807, 2.05) is 6.07 Å². The van der Waals surface area contributed by atoms with Crippen molar-refractivity contribution >= 4 is 0 Å².